The van der Waals surface area contributed by atoms with E-state index in [0.29, 0.717) is 18.3 Å². The molecule has 1 heterocycles. The third-order valence-corrected chi connectivity index (χ3v) is 15.9. The molecule has 5 rings (SSSR count). The second-order valence-corrected chi connectivity index (χ2v) is 19.3. The minimum atomic E-state index is -2.61. The number of epoxide rings is 1. The molecule has 1 aliphatic heterocycles. The average Bonchev–Trinajstić information content (AvgIpc) is 3.57. The number of hydrogen-bond acceptors (Lipinski definition) is 3. The summed E-state index contributed by atoms with van der Waals surface area (Å²) in [6.07, 6.45) is 7.40. The number of ether oxygens (including phenoxy) is 1. The molecule has 0 aromatic heterocycles. The Balaban J connectivity index is 1.36. The number of carbonyl (C=O) groups is 1. The summed E-state index contributed by atoms with van der Waals surface area (Å²) in [5.41, 5.74) is 1.06. The minimum absolute atomic E-state index is 0.00987. The predicted octanol–water partition coefficient (Wildman–Crippen LogP) is 7.48. The van der Waals surface area contributed by atoms with Gasteiger partial charge in [-0.05, 0) is 65.3 Å². The molecule has 0 N–H and O–H groups in total. The Morgan fingerprint density at radius 1 is 0.950 bits per heavy atom. The molecule has 4 heteroatoms. The van der Waals surface area contributed by atoms with Crippen LogP contribution in [0.5, 0.6) is 0 Å². The number of ketones is 1. The van der Waals surface area contributed by atoms with Crippen LogP contribution in [0.2, 0.25) is 5.04 Å². The summed E-state index contributed by atoms with van der Waals surface area (Å²) >= 11 is 0. The molecular weight excluding hydrogens is 508 g/mol. The zero-order chi connectivity index (χ0) is 29.0. The van der Waals surface area contributed by atoms with Crippen molar-refractivity contribution in [1.29, 1.82) is 0 Å². The monoisotopic (exact) mass is 558 g/mol. The minimum Gasteiger partial charge on any atom is -0.407 e. The molecule has 3 aliphatic rings. The van der Waals surface area contributed by atoms with E-state index >= 15 is 0 Å². The normalized spacial score (nSPS) is 31.7. The molecule has 2 aliphatic carbocycles. The summed E-state index contributed by atoms with van der Waals surface area (Å²) in [5.74, 6) is 0.789. The Kier molecular flexibility index (Phi) is 7.64. The summed E-state index contributed by atoms with van der Waals surface area (Å²) in [6, 6.07) is 21.5. The van der Waals surface area contributed by atoms with Crippen molar-refractivity contribution in [2.75, 3.05) is 6.61 Å². The van der Waals surface area contributed by atoms with Crippen LogP contribution in [0.25, 0.3) is 0 Å². The van der Waals surface area contributed by atoms with Crippen LogP contribution in [-0.4, -0.2) is 32.4 Å². The van der Waals surface area contributed by atoms with Crippen molar-refractivity contribution in [3.63, 3.8) is 0 Å². The zero-order valence-corrected chi connectivity index (χ0v) is 27.1. The van der Waals surface area contributed by atoms with Crippen LogP contribution in [0, 0.1) is 22.7 Å². The fourth-order valence-corrected chi connectivity index (χ4v) is 13.3. The molecule has 3 nitrogen and oxygen atoms in total. The molecule has 40 heavy (non-hydrogen) atoms. The van der Waals surface area contributed by atoms with Gasteiger partial charge in [-0.15, -0.1) is 0 Å². The lowest BCUT2D eigenvalue weighted by Gasteiger charge is -2.56. The summed E-state index contributed by atoms with van der Waals surface area (Å²) < 4.78 is 13.5. The van der Waals surface area contributed by atoms with Gasteiger partial charge in [0.25, 0.3) is 8.32 Å². The van der Waals surface area contributed by atoms with Gasteiger partial charge in [0.2, 0.25) is 0 Å². The van der Waals surface area contributed by atoms with E-state index in [1.165, 1.54) is 28.8 Å². The lowest BCUT2D eigenvalue weighted by Crippen LogP contribution is -2.66. The largest absolute Gasteiger partial charge is 0.407 e. The summed E-state index contributed by atoms with van der Waals surface area (Å²) in [5, 5.41) is 2.49. The van der Waals surface area contributed by atoms with Crippen molar-refractivity contribution in [2.45, 2.75) is 104 Å². The van der Waals surface area contributed by atoms with Crippen molar-refractivity contribution >= 4 is 24.5 Å². The first-order valence-corrected chi connectivity index (χ1v) is 17.3. The first kappa shape index (κ1) is 29.5. The molecule has 1 saturated carbocycles. The number of hydrogen-bond donors (Lipinski definition) is 0. The molecule has 0 bridgehead atoms. The first-order valence-electron chi connectivity index (χ1n) is 15.4. The fourth-order valence-electron chi connectivity index (χ4n) is 8.69. The zero-order valence-electron chi connectivity index (χ0n) is 26.1. The third-order valence-electron chi connectivity index (χ3n) is 10.8. The number of rotatable bonds is 8. The number of Topliss-reactive ketones (excluding diaryl/α,β-unsaturated/α-hetero) is 1. The molecular formula is C36H50O3Si. The van der Waals surface area contributed by atoms with Crippen molar-refractivity contribution in [3.05, 3.63) is 72.3 Å². The van der Waals surface area contributed by atoms with E-state index in [1.54, 1.807) is 0 Å². The van der Waals surface area contributed by atoms with Gasteiger partial charge in [-0.25, -0.2) is 0 Å². The molecule has 2 aromatic rings. The molecule has 2 aromatic carbocycles. The van der Waals surface area contributed by atoms with E-state index in [0.717, 1.165) is 19.3 Å². The highest BCUT2D eigenvalue weighted by atomic mass is 28.4. The number of fused-ring (bicyclic) bond motifs is 1. The second-order valence-electron chi connectivity index (χ2n) is 15.0. The van der Waals surface area contributed by atoms with E-state index in [2.05, 4.69) is 122 Å². The van der Waals surface area contributed by atoms with Crippen LogP contribution >= 0.6 is 0 Å². The maximum Gasteiger partial charge on any atom is 0.261 e. The van der Waals surface area contributed by atoms with Gasteiger partial charge in [-0.3, -0.25) is 4.79 Å². The number of carbonyl (C=O) groups excluding carboxylic acids is 1. The van der Waals surface area contributed by atoms with Crippen LogP contribution < -0.4 is 10.4 Å². The van der Waals surface area contributed by atoms with Gasteiger partial charge in [0.15, 0.2) is 5.78 Å². The van der Waals surface area contributed by atoms with Gasteiger partial charge in [0, 0.05) is 18.9 Å². The maximum atomic E-state index is 14.2. The molecule has 0 radical (unpaired) electrons. The maximum absolute atomic E-state index is 14.2. The van der Waals surface area contributed by atoms with Gasteiger partial charge in [-0.2, -0.15) is 0 Å². The molecule has 0 amide bonds. The summed E-state index contributed by atoms with van der Waals surface area (Å²) in [4.78, 5) is 14.2. The Labute approximate surface area is 243 Å². The quantitative estimate of drug-likeness (QED) is 0.192. The van der Waals surface area contributed by atoms with E-state index in [9.17, 15) is 4.79 Å². The van der Waals surface area contributed by atoms with Gasteiger partial charge in [0.1, 0.15) is 11.7 Å². The highest BCUT2D eigenvalue weighted by molar-refractivity contribution is 6.99. The van der Waals surface area contributed by atoms with Crippen LogP contribution in [0.15, 0.2) is 72.3 Å². The van der Waals surface area contributed by atoms with E-state index < -0.39 is 13.9 Å². The molecule has 1 saturated heterocycles. The Morgan fingerprint density at radius 3 is 2.08 bits per heavy atom. The fraction of sp³-hybridized carbons (Fsp3) is 0.583. The lowest BCUT2D eigenvalue weighted by molar-refractivity contribution is -0.133. The van der Waals surface area contributed by atoms with E-state index in [4.69, 9.17) is 9.16 Å². The topological polar surface area (TPSA) is 38.8 Å². The van der Waals surface area contributed by atoms with Crippen molar-refractivity contribution in [1.82, 2.24) is 0 Å². The van der Waals surface area contributed by atoms with Crippen LogP contribution in [-0.2, 0) is 14.0 Å². The van der Waals surface area contributed by atoms with Crippen molar-refractivity contribution in [2.24, 2.45) is 22.7 Å². The van der Waals surface area contributed by atoms with Crippen LogP contribution in [0.4, 0.5) is 0 Å². The molecule has 2 fully saturated rings. The second kappa shape index (κ2) is 10.4. The molecule has 0 spiro atoms. The van der Waals surface area contributed by atoms with E-state index in [1.807, 2.05) is 0 Å². The average molecular weight is 559 g/mol. The molecule has 5 atom stereocenters. The highest BCUT2D eigenvalue weighted by Crippen LogP contribution is 2.61. The van der Waals surface area contributed by atoms with Crippen molar-refractivity contribution in [3.8, 4) is 0 Å². The first-order chi connectivity index (χ1) is 18.8. The van der Waals surface area contributed by atoms with Crippen molar-refractivity contribution < 1.29 is 14.0 Å². The SMILES string of the molecule is CC1=CCC2C(C)(C)CCC[C@]2(C)[C@H]1C(=O)[C@@H]1O[C@@]1(C)CCO[Si](c1ccccc1)(c1ccccc1)C(C)(C)C. The van der Waals surface area contributed by atoms with Crippen LogP contribution in [0.1, 0.15) is 87.5 Å². The molecule has 216 valence electrons. The predicted molar refractivity (Wildman–Crippen MR) is 168 cm³/mol. The molecule has 1 unspecified atom stereocenters. The third kappa shape index (κ3) is 4.88. The van der Waals surface area contributed by atoms with Crippen LogP contribution in [0.3, 0.4) is 0 Å². The van der Waals surface area contributed by atoms with E-state index in [-0.39, 0.29) is 27.9 Å². The highest BCUT2D eigenvalue weighted by Gasteiger charge is 2.62. The Morgan fingerprint density at radius 2 is 1.52 bits per heavy atom. The smallest absolute Gasteiger partial charge is 0.261 e. The van der Waals surface area contributed by atoms with Gasteiger partial charge >= 0.3 is 0 Å². The number of allylic oxidation sites excluding steroid dienone is 2. The Bertz CT molecular complexity index is 1200. The summed E-state index contributed by atoms with van der Waals surface area (Å²) in [7, 11) is -2.61. The number of benzene rings is 2. The van der Waals surface area contributed by atoms with Gasteiger partial charge in [0.05, 0.1) is 0 Å². The Hall–Kier alpha value is -2.01. The lowest BCUT2D eigenvalue weighted by atomic mass is 9.48. The standard InChI is InChI=1S/C36H50O3Si/c1-26-20-21-29-34(5,6)22-15-23-35(29,7)30(26)31(37)32-36(8,39-32)24-25-38-40(33(2,3)4,27-16-11-9-12-17-27)28-18-13-10-14-19-28/h9-14,16-20,29-30,32H,15,21-25H2,1-8H3/t29?,30-,32+,35+,36+/m1/s1. The van der Waals surface area contributed by atoms with Gasteiger partial charge < -0.3 is 9.16 Å². The summed E-state index contributed by atoms with van der Waals surface area (Å²) in [6.45, 7) is 19.0. The van der Waals surface area contributed by atoms with Gasteiger partial charge in [-0.1, -0.05) is 120 Å².